The maximum Gasteiger partial charge on any atom is 0.335 e. The number of thiophene rings is 1. The second kappa shape index (κ2) is 6.85. The molecule has 0 aliphatic carbocycles. The number of nitrogens with one attached hydrogen (secondary N) is 1. The Balaban J connectivity index is 2.15. The third kappa shape index (κ3) is 4.05. The Hall–Kier alpha value is -1.40. The quantitative estimate of drug-likeness (QED) is 0.817. The number of carbonyl (C=O) groups is 1. The Morgan fingerprint density at radius 3 is 2.85 bits per heavy atom. The van der Waals surface area contributed by atoms with Crippen LogP contribution in [0, 0.1) is 0 Å². The molecule has 0 saturated heterocycles. The lowest BCUT2D eigenvalue weighted by Gasteiger charge is -2.08. The number of hydrogen-bond donors (Lipinski definition) is 2. The van der Waals surface area contributed by atoms with Crippen LogP contribution >= 0.6 is 27.3 Å². The number of anilines is 1. The molecule has 20 heavy (non-hydrogen) atoms. The fourth-order valence-corrected chi connectivity index (χ4v) is 3.20. The van der Waals surface area contributed by atoms with Gasteiger partial charge in [-0.2, -0.15) is 0 Å². The Kier molecular flexibility index (Phi) is 5.14. The van der Waals surface area contributed by atoms with Gasteiger partial charge in [0.2, 0.25) is 0 Å². The van der Waals surface area contributed by atoms with Gasteiger partial charge in [-0.15, -0.1) is 11.3 Å². The summed E-state index contributed by atoms with van der Waals surface area (Å²) in [7, 11) is 0. The summed E-state index contributed by atoms with van der Waals surface area (Å²) in [6.45, 7) is 2.68. The molecule has 0 aliphatic heterocycles. The SMILES string of the molecule is CCCc1cc(C(=O)O)cc(NCc2cc(Br)cs2)n1. The van der Waals surface area contributed by atoms with Gasteiger partial charge in [0, 0.05) is 20.4 Å². The molecular formula is C14H15BrN2O2S. The van der Waals surface area contributed by atoms with E-state index in [2.05, 4.69) is 26.2 Å². The number of halogens is 1. The van der Waals surface area contributed by atoms with Gasteiger partial charge in [-0.3, -0.25) is 0 Å². The van der Waals surface area contributed by atoms with Crippen LogP contribution in [0.15, 0.2) is 28.1 Å². The van der Waals surface area contributed by atoms with Gasteiger partial charge < -0.3 is 10.4 Å². The maximum absolute atomic E-state index is 11.1. The molecule has 0 unspecified atom stereocenters. The molecule has 0 atom stereocenters. The van der Waals surface area contributed by atoms with Crippen molar-refractivity contribution >= 4 is 39.1 Å². The average Bonchev–Trinajstić information content (AvgIpc) is 2.82. The summed E-state index contributed by atoms with van der Waals surface area (Å²) in [5.41, 5.74) is 1.08. The second-order valence-corrected chi connectivity index (χ2v) is 6.28. The van der Waals surface area contributed by atoms with Crippen LogP contribution in [0.2, 0.25) is 0 Å². The van der Waals surface area contributed by atoms with Crippen LogP contribution in [0.1, 0.15) is 34.3 Å². The molecule has 2 N–H and O–H groups in total. The van der Waals surface area contributed by atoms with E-state index >= 15 is 0 Å². The Morgan fingerprint density at radius 2 is 2.25 bits per heavy atom. The normalized spacial score (nSPS) is 10.5. The van der Waals surface area contributed by atoms with E-state index in [0.29, 0.717) is 12.4 Å². The molecule has 2 aromatic rings. The van der Waals surface area contributed by atoms with Crippen LogP contribution < -0.4 is 5.32 Å². The molecule has 0 spiro atoms. The second-order valence-electron chi connectivity index (χ2n) is 4.37. The smallest absolute Gasteiger partial charge is 0.335 e. The highest BCUT2D eigenvalue weighted by Gasteiger charge is 2.08. The van der Waals surface area contributed by atoms with Crippen LogP contribution in [-0.4, -0.2) is 16.1 Å². The van der Waals surface area contributed by atoms with Crippen molar-refractivity contribution in [2.24, 2.45) is 0 Å². The molecule has 0 bridgehead atoms. The third-order valence-corrected chi connectivity index (χ3v) is 4.39. The highest BCUT2D eigenvalue weighted by molar-refractivity contribution is 9.10. The predicted octanol–water partition coefficient (Wildman–Crippen LogP) is 4.17. The van der Waals surface area contributed by atoms with Crippen molar-refractivity contribution < 1.29 is 9.90 Å². The number of nitrogens with zero attached hydrogens (tertiary/aromatic N) is 1. The summed E-state index contributed by atoms with van der Waals surface area (Å²) in [5, 5.41) is 14.3. The minimum absolute atomic E-state index is 0.276. The van der Waals surface area contributed by atoms with E-state index in [4.69, 9.17) is 5.11 Å². The largest absolute Gasteiger partial charge is 0.478 e. The molecule has 0 amide bonds. The van der Waals surface area contributed by atoms with Crippen molar-refractivity contribution in [3.05, 3.63) is 44.2 Å². The van der Waals surface area contributed by atoms with Crippen molar-refractivity contribution in [1.82, 2.24) is 4.98 Å². The fraction of sp³-hybridized carbons (Fsp3) is 0.286. The van der Waals surface area contributed by atoms with Gasteiger partial charge in [-0.1, -0.05) is 13.3 Å². The number of aromatic nitrogens is 1. The van der Waals surface area contributed by atoms with E-state index in [1.165, 1.54) is 0 Å². The van der Waals surface area contributed by atoms with Crippen molar-refractivity contribution in [2.75, 3.05) is 5.32 Å². The first-order chi connectivity index (χ1) is 9.58. The lowest BCUT2D eigenvalue weighted by Crippen LogP contribution is -2.06. The van der Waals surface area contributed by atoms with E-state index in [-0.39, 0.29) is 5.56 Å². The van der Waals surface area contributed by atoms with Crippen LogP contribution in [0.25, 0.3) is 0 Å². The summed E-state index contributed by atoms with van der Waals surface area (Å²) in [4.78, 5) is 16.7. The van der Waals surface area contributed by atoms with Gasteiger partial charge in [-0.05, 0) is 40.5 Å². The first-order valence-corrected chi connectivity index (χ1v) is 7.96. The maximum atomic E-state index is 11.1. The molecule has 2 rings (SSSR count). The van der Waals surface area contributed by atoms with Gasteiger partial charge in [0.05, 0.1) is 12.1 Å². The van der Waals surface area contributed by atoms with Crippen molar-refractivity contribution in [3.8, 4) is 0 Å². The minimum atomic E-state index is -0.924. The number of carboxylic acid groups (broad SMARTS) is 1. The first-order valence-electron chi connectivity index (χ1n) is 6.29. The molecule has 0 aromatic carbocycles. The molecule has 0 saturated carbocycles. The van der Waals surface area contributed by atoms with Crippen LogP contribution in [0.3, 0.4) is 0 Å². The minimum Gasteiger partial charge on any atom is -0.478 e. The zero-order chi connectivity index (χ0) is 14.5. The van der Waals surface area contributed by atoms with Crippen LogP contribution in [-0.2, 0) is 13.0 Å². The van der Waals surface area contributed by atoms with Gasteiger partial charge in [0.15, 0.2) is 0 Å². The summed E-state index contributed by atoms with van der Waals surface area (Å²) in [6.07, 6.45) is 1.72. The number of aromatic carboxylic acids is 1. The van der Waals surface area contributed by atoms with Crippen LogP contribution in [0.5, 0.6) is 0 Å². The van der Waals surface area contributed by atoms with Gasteiger partial charge in [-0.25, -0.2) is 9.78 Å². The zero-order valence-electron chi connectivity index (χ0n) is 11.0. The van der Waals surface area contributed by atoms with Gasteiger partial charge >= 0.3 is 5.97 Å². The van der Waals surface area contributed by atoms with E-state index in [1.807, 2.05) is 18.4 Å². The highest BCUT2D eigenvalue weighted by atomic mass is 79.9. The van der Waals surface area contributed by atoms with Crippen molar-refractivity contribution in [1.29, 1.82) is 0 Å². The zero-order valence-corrected chi connectivity index (χ0v) is 13.4. The van der Waals surface area contributed by atoms with Gasteiger partial charge in [0.1, 0.15) is 5.82 Å². The standard InChI is InChI=1S/C14H15BrN2O2S/c1-2-3-11-4-9(14(18)19)5-13(17-11)16-7-12-6-10(15)8-20-12/h4-6,8H,2-3,7H2,1H3,(H,16,17)(H,18,19). The van der Waals surface area contributed by atoms with E-state index < -0.39 is 5.97 Å². The third-order valence-electron chi connectivity index (χ3n) is 2.70. The molecule has 2 aromatic heterocycles. The number of aryl methyl sites for hydroxylation is 1. The van der Waals surface area contributed by atoms with Gasteiger partial charge in [0.25, 0.3) is 0 Å². The Bertz CT molecular complexity index is 613. The Morgan fingerprint density at radius 1 is 1.45 bits per heavy atom. The van der Waals surface area contributed by atoms with E-state index in [1.54, 1.807) is 23.5 Å². The molecule has 0 aliphatic rings. The molecule has 2 heterocycles. The monoisotopic (exact) mass is 354 g/mol. The number of carboxylic acids is 1. The number of rotatable bonds is 6. The predicted molar refractivity (Wildman–Crippen MR) is 84.5 cm³/mol. The summed E-state index contributed by atoms with van der Waals surface area (Å²) in [5.74, 6) is -0.315. The fourth-order valence-electron chi connectivity index (χ4n) is 1.81. The topological polar surface area (TPSA) is 62.2 Å². The molecule has 4 nitrogen and oxygen atoms in total. The highest BCUT2D eigenvalue weighted by Crippen LogP contribution is 2.21. The number of pyridine rings is 1. The summed E-state index contributed by atoms with van der Waals surface area (Å²) in [6, 6.07) is 5.24. The molecule has 6 heteroatoms. The summed E-state index contributed by atoms with van der Waals surface area (Å²) < 4.78 is 1.05. The Labute approximate surface area is 130 Å². The molecule has 0 radical (unpaired) electrons. The van der Waals surface area contributed by atoms with Crippen LogP contribution in [0.4, 0.5) is 5.82 Å². The average molecular weight is 355 g/mol. The lowest BCUT2D eigenvalue weighted by atomic mass is 10.1. The molecule has 0 fully saturated rings. The first kappa shape index (κ1) is 15.0. The van der Waals surface area contributed by atoms with E-state index in [0.717, 1.165) is 27.9 Å². The number of hydrogen-bond acceptors (Lipinski definition) is 4. The lowest BCUT2D eigenvalue weighted by molar-refractivity contribution is 0.0696. The van der Waals surface area contributed by atoms with Crippen molar-refractivity contribution in [2.45, 2.75) is 26.3 Å². The molecule has 106 valence electrons. The summed E-state index contributed by atoms with van der Waals surface area (Å²) >= 11 is 5.05. The molecular weight excluding hydrogens is 340 g/mol. The van der Waals surface area contributed by atoms with Crippen molar-refractivity contribution in [3.63, 3.8) is 0 Å². The van der Waals surface area contributed by atoms with E-state index in [9.17, 15) is 4.79 Å².